The predicted octanol–water partition coefficient (Wildman–Crippen LogP) is 3.90. The average Bonchev–Trinajstić information content (AvgIpc) is 3.39. The minimum Gasteiger partial charge on any atom is -0.381 e. The molecule has 0 amide bonds. The SMILES string of the molecule is CN=C(NCCC(c1ccccc1)c1ccccc1)N1CCC2(CCOC2)C1. The average molecular weight is 378 g/mol. The summed E-state index contributed by atoms with van der Waals surface area (Å²) in [6.45, 7) is 4.86. The molecule has 2 aromatic rings. The molecule has 0 bridgehead atoms. The van der Waals surface area contributed by atoms with Gasteiger partial charge in [0, 0.05) is 44.6 Å². The van der Waals surface area contributed by atoms with Crippen LogP contribution in [0.1, 0.15) is 36.3 Å². The monoisotopic (exact) mass is 377 g/mol. The second-order valence-corrected chi connectivity index (χ2v) is 8.11. The van der Waals surface area contributed by atoms with Crippen molar-refractivity contribution in [2.45, 2.75) is 25.2 Å². The Balaban J connectivity index is 1.39. The molecule has 0 radical (unpaired) electrons. The van der Waals surface area contributed by atoms with Crippen LogP contribution in [0, 0.1) is 5.41 Å². The normalized spacial score (nSPS) is 22.4. The molecule has 4 nitrogen and oxygen atoms in total. The number of nitrogens with zero attached hydrogens (tertiary/aromatic N) is 2. The molecule has 0 saturated carbocycles. The van der Waals surface area contributed by atoms with E-state index in [-0.39, 0.29) is 0 Å². The van der Waals surface area contributed by atoms with E-state index >= 15 is 0 Å². The van der Waals surface area contributed by atoms with Crippen LogP contribution >= 0.6 is 0 Å². The van der Waals surface area contributed by atoms with Crippen molar-refractivity contribution >= 4 is 5.96 Å². The topological polar surface area (TPSA) is 36.9 Å². The predicted molar refractivity (Wildman–Crippen MR) is 115 cm³/mol. The highest BCUT2D eigenvalue weighted by Crippen LogP contribution is 2.38. The summed E-state index contributed by atoms with van der Waals surface area (Å²) in [4.78, 5) is 6.97. The Morgan fingerprint density at radius 2 is 1.75 bits per heavy atom. The Labute approximate surface area is 168 Å². The minimum absolute atomic E-state index is 0.355. The van der Waals surface area contributed by atoms with Crippen LogP contribution in [0.15, 0.2) is 65.7 Å². The van der Waals surface area contributed by atoms with E-state index in [1.165, 1.54) is 24.0 Å². The molecule has 2 aliphatic rings. The van der Waals surface area contributed by atoms with Crippen molar-refractivity contribution in [2.75, 3.05) is 39.9 Å². The number of ether oxygens (including phenoxy) is 1. The van der Waals surface area contributed by atoms with Crippen molar-refractivity contribution in [3.8, 4) is 0 Å². The summed E-state index contributed by atoms with van der Waals surface area (Å²) in [6.07, 6.45) is 3.43. The number of likely N-dealkylation sites (tertiary alicyclic amines) is 1. The van der Waals surface area contributed by atoms with Crippen LogP contribution in [0.5, 0.6) is 0 Å². The molecule has 148 valence electrons. The van der Waals surface area contributed by atoms with E-state index < -0.39 is 0 Å². The van der Waals surface area contributed by atoms with E-state index in [0.29, 0.717) is 11.3 Å². The molecule has 28 heavy (non-hydrogen) atoms. The number of hydrogen-bond acceptors (Lipinski definition) is 2. The molecule has 1 unspecified atom stereocenters. The van der Waals surface area contributed by atoms with Crippen molar-refractivity contribution < 1.29 is 4.74 Å². The lowest BCUT2D eigenvalue weighted by atomic mass is 9.87. The largest absolute Gasteiger partial charge is 0.381 e. The van der Waals surface area contributed by atoms with Crippen LogP contribution < -0.4 is 5.32 Å². The summed E-state index contributed by atoms with van der Waals surface area (Å²) in [5.41, 5.74) is 3.09. The van der Waals surface area contributed by atoms with Gasteiger partial charge in [-0.1, -0.05) is 60.7 Å². The van der Waals surface area contributed by atoms with Gasteiger partial charge in [0.05, 0.1) is 6.61 Å². The third-order valence-corrected chi connectivity index (χ3v) is 6.25. The van der Waals surface area contributed by atoms with Gasteiger partial charge in [0.2, 0.25) is 0 Å². The van der Waals surface area contributed by atoms with E-state index in [1.807, 2.05) is 7.05 Å². The fraction of sp³-hybridized carbons (Fsp3) is 0.458. The van der Waals surface area contributed by atoms with E-state index in [4.69, 9.17) is 4.74 Å². The first-order chi connectivity index (χ1) is 13.8. The zero-order valence-electron chi connectivity index (χ0n) is 16.8. The summed E-state index contributed by atoms with van der Waals surface area (Å²) >= 11 is 0. The molecule has 1 N–H and O–H groups in total. The maximum absolute atomic E-state index is 5.67. The molecule has 2 aromatic carbocycles. The Morgan fingerprint density at radius 1 is 1.07 bits per heavy atom. The van der Waals surface area contributed by atoms with Crippen LogP contribution in [-0.4, -0.2) is 50.8 Å². The summed E-state index contributed by atoms with van der Waals surface area (Å²) in [7, 11) is 1.89. The highest BCUT2D eigenvalue weighted by molar-refractivity contribution is 5.80. The molecule has 2 heterocycles. The third-order valence-electron chi connectivity index (χ3n) is 6.25. The van der Waals surface area contributed by atoms with Crippen molar-refractivity contribution in [1.29, 1.82) is 0 Å². The number of nitrogens with one attached hydrogen (secondary N) is 1. The molecule has 1 spiro atoms. The Morgan fingerprint density at radius 3 is 2.32 bits per heavy atom. The summed E-state index contributed by atoms with van der Waals surface area (Å²) in [5, 5.41) is 3.62. The fourth-order valence-corrected chi connectivity index (χ4v) is 4.64. The fourth-order valence-electron chi connectivity index (χ4n) is 4.64. The van der Waals surface area contributed by atoms with Crippen molar-refractivity contribution in [3.05, 3.63) is 71.8 Å². The second kappa shape index (κ2) is 8.78. The highest BCUT2D eigenvalue weighted by Gasteiger charge is 2.42. The summed E-state index contributed by atoms with van der Waals surface area (Å²) in [5.74, 6) is 1.42. The van der Waals surface area contributed by atoms with Crippen LogP contribution in [0.3, 0.4) is 0 Å². The lowest BCUT2D eigenvalue weighted by molar-refractivity contribution is 0.156. The molecule has 0 aromatic heterocycles. The molecule has 0 aliphatic carbocycles. The highest BCUT2D eigenvalue weighted by atomic mass is 16.5. The lowest BCUT2D eigenvalue weighted by Gasteiger charge is -2.26. The zero-order valence-corrected chi connectivity index (χ0v) is 16.8. The molecular formula is C24H31N3O. The van der Waals surface area contributed by atoms with E-state index in [0.717, 1.165) is 45.2 Å². The number of aliphatic imine (C=N–C) groups is 1. The van der Waals surface area contributed by atoms with Gasteiger partial charge in [0.15, 0.2) is 5.96 Å². The zero-order chi connectivity index (χ0) is 19.2. The van der Waals surface area contributed by atoms with Crippen molar-refractivity contribution in [2.24, 2.45) is 10.4 Å². The van der Waals surface area contributed by atoms with E-state index in [9.17, 15) is 0 Å². The Bertz CT molecular complexity index is 729. The molecule has 2 aliphatic heterocycles. The van der Waals surface area contributed by atoms with Gasteiger partial charge < -0.3 is 15.0 Å². The number of rotatable bonds is 5. The second-order valence-electron chi connectivity index (χ2n) is 8.11. The standard InChI is InChI=1S/C24H31N3O/c1-25-23(27-16-13-24(18-27)14-17-28-19-24)26-15-12-22(20-8-4-2-5-9-20)21-10-6-3-7-11-21/h2-11,22H,12-19H2,1H3,(H,25,26). The Kier molecular flexibility index (Phi) is 5.96. The van der Waals surface area contributed by atoms with E-state index in [1.54, 1.807) is 0 Å². The van der Waals surface area contributed by atoms with Crippen LogP contribution in [0.4, 0.5) is 0 Å². The number of guanidine groups is 1. The molecule has 2 saturated heterocycles. The van der Waals surface area contributed by atoms with Crippen LogP contribution in [-0.2, 0) is 4.74 Å². The van der Waals surface area contributed by atoms with Gasteiger partial charge in [-0.2, -0.15) is 0 Å². The van der Waals surface area contributed by atoms with Gasteiger partial charge in [-0.05, 0) is 30.4 Å². The molecule has 4 rings (SSSR count). The molecular weight excluding hydrogens is 346 g/mol. The maximum Gasteiger partial charge on any atom is 0.193 e. The maximum atomic E-state index is 5.67. The van der Waals surface area contributed by atoms with Crippen LogP contribution in [0.25, 0.3) is 0 Å². The summed E-state index contributed by atoms with van der Waals surface area (Å²) < 4.78 is 5.67. The van der Waals surface area contributed by atoms with Gasteiger partial charge in [-0.15, -0.1) is 0 Å². The van der Waals surface area contributed by atoms with Gasteiger partial charge >= 0.3 is 0 Å². The molecule has 2 fully saturated rings. The molecule has 1 atom stereocenters. The van der Waals surface area contributed by atoms with Gasteiger partial charge in [0.1, 0.15) is 0 Å². The first kappa shape index (κ1) is 19.0. The van der Waals surface area contributed by atoms with Gasteiger partial charge in [-0.3, -0.25) is 4.99 Å². The number of hydrogen-bond donors (Lipinski definition) is 1. The first-order valence-electron chi connectivity index (χ1n) is 10.4. The van der Waals surface area contributed by atoms with Gasteiger partial charge in [-0.25, -0.2) is 0 Å². The van der Waals surface area contributed by atoms with Crippen molar-refractivity contribution in [3.63, 3.8) is 0 Å². The molecule has 4 heteroatoms. The number of benzene rings is 2. The Hall–Kier alpha value is -2.33. The first-order valence-corrected chi connectivity index (χ1v) is 10.4. The minimum atomic E-state index is 0.355. The third kappa shape index (κ3) is 4.22. The van der Waals surface area contributed by atoms with Gasteiger partial charge in [0.25, 0.3) is 0 Å². The van der Waals surface area contributed by atoms with Crippen LogP contribution in [0.2, 0.25) is 0 Å². The quantitative estimate of drug-likeness (QED) is 0.634. The smallest absolute Gasteiger partial charge is 0.193 e. The summed E-state index contributed by atoms with van der Waals surface area (Å²) in [6, 6.07) is 21.6. The van der Waals surface area contributed by atoms with E-state index in [2.05, 4.69) is 75.9 Å². The lowest BCUT2D eigenvalue weighted by Crippen LogP contribution is -2.42. The van der Waals surface area contributed by atoms with Crippen molar-refractivity contribution in [1.82, 2.24) is 10.2 Å².